The van der Waals surface area contributed by atoms with Crippen molar-refractivity contribution < 1.29 is 4.74 Å². The molecule has 1 aliphatic carbocycles. The lowest BCUT2D eigenvalue weighted by Gasteiger charge is -2.53. The lowest BCUT2D eigenvalue weighted by molar-refractivity contribution is -0.126. The molecular weight excluding hydrogens is 214 g/mol. The molecule has 0 saturated heterocycles. The van der Waals surface area contributed by atoms with E-state index in [1.165, 1.54) is 0 Å². The Balaban J connectivity index is 1.86. The summed E-state index contributed by atoms with van der Waals surface area (Å²) in [5, 5.41) is 10.5. The Morgan fingerprint density at radius 2 is 2.41 bits per heavy atom. The van der Waals surface area contributed by atoms with Gasteiger partial charge in [0.2, 0.25) is 0 Å². The van der Waals surface area contributed by atoms with Crippen LogP contribution in [0.25, 0.3) is 0 Å². The quantitative estimate of drug-likeness (QED) is 0.796. The maximum absolute atomic E-state index is 5.79. The number of hydrogen-bond acceptors (Lipinski definition) is 3. The molecule has 96 valence electrons. The molecule has 0 aromatic carbocycles. The summed E-state index contributed by atoms with van der Waals surface area (Å²) in [5.74, 6) is 0. The van der Waals surface area contributed by atoms with Crippen LogP contribution in [-0.4, -0.2) is 29.0 Å². The zero-order valence-corrected chi connectivity index (χ0v) is 11.0. The van der Waals surface area contributed by atoms with Gasteiger partial charge in [-0.15, -0.1) is 0 Å². The Morgan fingerprint density at radius 1 is 1.59 bits per heavy atom. The molecule has 2 rings (SSSR count). The minimum atomic E-state index is 0.274. The second kappa shape index (κ2) is 5.19. The molecule has 0 amide bonds. The van der Waals surface area contributed by atoms with Gasteiger partial charge in [-0.05, 0) is 25.8 Å². The number of aromatic nitrogens is 2. The molecule has 1 aromatic heterocycles. The second-order valence-electron chi connectivity index (χ2n) is 5.05. The third kappa shape index (κ3) is 2.38. The van der Waals surface area contributed by atoms with Crippen molar-refractivity contribution >= 4 is 0 Å². The molecular formula is C13H23N3O. The molecule has 0 bridgehead atoms. The van der Waals surface area contributed by atoms with Crippen molar-refractivity contribution in [3.8, 4) is 0 Å². The maximum atomic E-state index is 5.79. The van der Waals surface area contributed by atoms with E-state index in [1.807, 2.05) is 6.07 Å². The highest BCUT2D eigenvalue weighted by Gasteiger charge is 2.50. The zero-order chi connectivity index (χ0) is 12.3. The van der Waals surface area contributed by atoms with E-state index >= 15 is 0 Å². The molecule has 0 aliphatic heterocycles. The molecule has 0 spiro atoms. The Hall–Kier alpha value is -0.870. The summed E-state index contributed by atoms with van der Waals surface area (Å²) in [4.78, 5) is 0. The largest absolute Gasteiger partial charge is 0.378 e. The van der Waals surface area contributed by atoms with Crippen molar-refractivity contribution in [1.29, 1.82) is 0 Å². The molecule has 3 unspecified atom stereocenters. The number of nitrogens with zero attached hydrogens (tertiary/aromatic N) is 1. The third-order valence-corrected chi connectivity index (χ3v) is 4.21. The van der Waals surface area contributed by atoms with E-state index in [9.17, 15) is 0 Å². The maximum Gasteiger partial charge on any atom is 0.0658 e. The van der Waals surface area contributed by atoms with Crippen LogP contribution in [0.3, 0.4) is 0 Å². The van der Waals surface area contributed by atoms with Gasteiger partial charge < -0.3 is 10.1 Å². The van der Waals surface area contributed by atoms with E-state index in [1.54, 1.807) is 6.20 Å². The Bertz CT molecular complexity index is 338. The van der Waals surface area contributed by atoms with Gasteiger partial charge in [-0.3, -0.25) is 5.10 Å². The van der Waals surface area contributed by atoms with Gasteiger partial charge in [0.05, 0.1) is 6.10 Å². The Morgan fingerprint density at radius 3 is 3.00 bits per heavy atom. The molecule has 1 aliphatic rings. The standard InChI is InChI=1S/C13H23N3O/c1-4-13(3)11(8-12(13)17-5-2)14-9-10-6-7-15-16-10/h6-7,11-12,14H,4-5,8-9H2,1-3H3,(H,15,16). The van der Waals surface area contributed by atoms with Crippen molar-refractivity contribution in [3.63, 3.8) is 0 Å². The average molecular weight is 237 g/mol. The average Bonchev–Trinajstić information content (AvgIpc) is 2.84. The van der Waals surface area contributed by atoms with Gasteiger partial charge in [-0.2, -0.15) is 5.10 Å². The molecule has 4 heteroatoms. The van der Waals surface area contributed by atoms with Crippen LogP contribution in [0.2, 0.25) is 0 Å². The number of H-pyrrole nitrogens is 1. The highest BCUT2D eigenvalue weighted by atomic mass is 16.5. The van der Waals surface area contributed by atoms with Gasteiger partial charge in [0, 0.05) is 36.5 Å². The lowest BCUT2D eigenvalue weighted by atomic mass is 9.61. The van der Waals surface area contributed by atoms with Crippen molar-refractivity contribution in [1.82, 2.24) is 15.5 Å². The van der Waals surface area contributed by atoms with E-state index in [0.29, 0.717) is 12.1 Å². The molecule has 1 fully saturated rings. The number of hydrogen-bond donors (Lipinski definition) is 2. The molecule has 2 N–H and O–H groups in total. The molecule has 3 atom stereocenters. The van der Waals surface area contributed by atoms with Gasteiger partial charge in [-0.1, -0.05) is 13.8 Å². The number of nitrogens with one attached hydrogen (secondary N) is 2. The summed E-state index contributed by atoms with van der Waals surface area (Å²) in [7, 11) is 0. The number of ether oxygens (including phenoxy) is 1. The summed E-state index contributed by atoms with van der Waals surface area (Å²) in [6.07, 6.45) is 4.47. The van der Waals surface area contributed by atoms with Gasteiger partial charge >= 0.3 is 0 Å². The molecule has 1 heterocycles. The molecule has 0 radical (unpaired) electrons. The zero-order valence-electron chi connectivity index (χ0n) is 11.0. The summed E-state index contributed by atoms with van der Waals surface area (Å²) in [6.45, 7) is 8.31. The highest BCUT2D eigenvalue weighted by molar-refractivity contribution is 5.06. The van der Waals surface area contributed by atoms with Gasteiger partial charge in [0.15, 0.2) is 0 Å². The summed E-state index contributed by atoms with van der Waals surface area (Å²) in [5.41, 5.74) is 1.42. The summed E-state index contributed by atoms with van der Waals surface area (Å²) >= 11 is 0. The smallest absolute Gasteiger partial charge is 0.0658 e. The first-order chi connectivity index (χ1) is 8.20. The summed E-state index contributed by atoms with van der Waals surface area (Å²) < 4.78 is 5.79. The van der Waals surface area contributed by atoms with E-state index in [-0.39, 0.29) is 5.41 Å². The Labute approximate surface area is 103 Å². The van der Waals surface area contributed by atoms with Crippen LogP contribution < -0.4 is 5.32 Å². The Kier molecular flexibility index (Phi) is 3.84. The molecule has 1 saturated carbocycles. The van der Waals surface area contributed by atoms with Crippen molar-refractivity contribution in [2.75, 3.05) is 6.61 Å². The van der Waals surface area contributed by atoms with Gasteiger partial charge in [0.1, 0.15) is 0 Å². The van der Waals surface area contributed by atoms with Gasteiger partial charge in [-0.25, -0.2) is 0 Å². The van der Waals surface area contributed by atoms with Crippen molar-refractivity contribution in [2.24, 2.45) is 5.41 Å². The second-order valence-corrected chi connectivity index (χ2v) is 5.05. The number of aromatic amines is 1. The van der Waals surface area contributed by atoms with Crippen molar-refractivity contribution in [2.45, 2.75) is 52.3 Å². The monoisotopic (exact) mass is 237 g/mol. The van der Waals surface area contributed by atoms with E-state index < -0.39 is 0 Å². The fraction of sp³-hybridized carbons (Fsp3) is 0.769. The van der Waals surface area contributed by atoms with E-state index in [4.69, 9.17) is 4.74 Å². The first-order valence-electron chi connectivity index (χ1n) is 6.54. The normalized spacial score (nSPS) is 32.4. The summed E-state index contributed by atoms with van der Waals surface area (Å²) in [6, 6.07) is 2.56. The number of rotatable bonds is 6. The molecule has 1 aromatic rings. The minimum Gasteiger partial charge on any atom is -0.378 e. The van der Waals surface area contributed by atoms with Crippen LogP contribution in [0.5, 0.6) is 0 Å². The minimum absolute atomic E-state index is 0.274. The molecule has 17 heavy (non-hydrogen) atoms. The van der Waals surface area contributed by atoms with Gasteiger partial charge in [0.25, 0.3) is 0 Å². The fourth-order valence-electron chi connectivity index (χ4n) is 2.68. The van der Waals surface area contributed by atoms with Crippen LogP contribution in [0.15, 0.2) is 12.3 Å². The SMILES string of the molecule is CCOC1CC(NCc2ccn[nH]2)C1(C)CC. The predicted octanol–water partition coefficient (Wildman–Crippen LogP) is 2.09. The first kappa shape index (κ1) is 12.6. The predicted molar refractivity (Wildman–Crippen MR) is 67.6 cm³/mol. The van der Waals surface area contributed by atoms with Crippen LogP contribution in [0.1, 0.15) is 39.3 Å². The molecule has 4 nitrogen and oxygen atoms in total. The van der Waals surface area contributed by atoms with Crippen LogP contribution >= 0.6 is 0 Å². The van der Waals surface area contributed by atoms with Crippen LogP contribution in [0.4, 0.5) is 0 Å². The highest BCUT2D eigenvalue weighted by Crippen LogP contribution is 2.45. The fourth-order valence-corrected chi connectivity index (χ4v) is 2.68. The van der Waals surface area contributed by atoms with Crippen molar-refractivity contribution in [3.05, 3.63) is 18.0 Å². The third-order valence-electron chi connectivity index (χ3n) is 4.21. The lowest BCUT2D eigenvalue weighted by Crippen LogP contribution is -2.61. The van der Waals surface area contributed by atoms with Crippen LogP contribution in [-0.2, 0) is 11.3 Å². The first-order valence-corrected chi connectivity index (χ1v) is 6.54. The van der Waals surface area contributed by atoms with Crippen LogP contribution in [0, 0.1) is 5.41 Å². The topological polar surface area (TPSA) is 49.9 Å². The van der Waals surface area contributed by atoms with E-state index in [0.717, 1.165) is 31.7 Å². The van der Waals surface area contributed by atoms with E-state index in [2.05, 4.69) is 36.3 Å².